The Hall–Kier alpha value is -1.65. The summed E-state index contributed by atoms with van der Waals surface area (Å²) in [5.74, 6) is -1.22. The molecule has 0 spiro atoms. The Labute approximate surface area is 189 Å². The largest absolute Gasteiger partial charge is 0.455 e. The fourth-order valence-electron chi connectivity index (χ4n) is 2.96. The molecule has 1 N–H and O–H groups in total. The average Bonchev–Trinajstić information content (AvgIpc) is 3.19. The average molecular weight is 491 g/mol. The number of ether oxygens (including phenoxy) is 1. The van der Waals surface area contributed by atoms with Crippen molar-refractivity contribution in [1.82, 2.24) is 4.31 Å². The Balaban J connectivity index is 1.52. The van der Waals surface area contributed by atoms with Crippen molar-refractivity contribution in [3.8, 4) is 0 Å². The number of hydrogen-bond acceptors (Lipinski definition) is 6. The Kier molecular flexibility index (Phi) is 7.75. The van der Waals surface area contributed by atoms with E-state index < -0.39 is 28.5 Å². The molecule has 1 aliphatic rings. The Morgan fingerprint density at radius 3 is 2.40 bits per heavy atom. The number of thiophene rings is 1. The van der Waals surface area contributed by atoms with Gasteiger partial charge in [-0.25, -0.2) is 8.42 Å². The monoisotopic (exact) mass is 490 g/mol. The van der Waals surface area contributed by atoms with E-state index in [9.17, 15) is 18.0 Å². The predicted octanol–water partition coefficient (Wildman–Crippen LogP) is 3.95. The smallest absolute Gasteiger partial charge is 0.311 e. The zero-order valence-electron chi connectivity index (χ0n) is 15.9. The number of piperidine rings is 1. The maximum absolute atomic E-state index is 12.7. The van der Waals surface area contributed by atoms with Crippen molar-refractivity contribution >= 4 is 62.1 Å². The molecule has 162 valence electrons. The molecular formula is C19H20Cl2N2O5S2. The number of para-hydroxylation sites is 1. The topological polar surface area (TPSA) is 92.8 Å². The molecule has 0 aliphatic carbocycles. The van der Waals surface area contributed by atoms with Gasteiger partial charge in [-0.05, 0) is 37.1 Å². The van der Waals surface area contributed by atoms with Crippen molar-refractivity contribution in [3.63, 3.8) is 0 Å². The normalized spacial score (nSPS) is 15.0. The number of halogens is 2. The molecule has 0 bridgehead atoms. The van der Waals surface area contributed by atoms with Crippen LogP contribution >= 0.6 is 34.5 Å². The fourth-order valence-corrected chi connectivity index (χ4v) is 6.46. The molecule has 1 amide bonds. The van der Waals surface area contributed by atoms with Crippen LogP contribution in [0.2, 0.25) is 10.0 Å². The maximum Gasteiger partial charge on any atom is 0.311 e. The molecule has 3 rings (SSSR count). The molecule has 1 aliphatic heterocycles. The standard InChI is InChI=1S/C19H20Cl2N2O5S2/c20-14-5-4-6-15(21)19(14)22-16(24)12-28-17(25)11-13-7-8-18(29-13)30(26,27)23-9-2-1-3-10-23/h4-8H,1-3,9-12H2,(H,22,24). The van der Waals surface area contributed by atoms with E-state index in [-0.39, 0.29) is 26.4 Å². The van der Waals surface area contributed by atoms with Gasteiger partial charge in [-0.1, -0.05) is 35.7 Å². The summed E-state index contributed by atoms with van der Waals surface area (Å²) in [5, 5.41) is 3.03. The lowest BCUT2D eigenvalue weighted by Gasteiger charge is -2.25. The number of carbonyl (C=O) groups is 2. The molecule has 30 heavy (non-hydrogen) atoms. The van der Waals surface area contributed by atoms with Crippen LogP contribution in [-0.2, 0) is 30.8 Å². The van der Waals surface area contributed by atoms with Crippen LogP contribution in [-0.4, -0.2) is 44.3 Å². The van der Waals surface area contributed by atoms with Gasteiger partial charge in [0.25, 0.3) is 15.9 Å². The third kappa shape index (κ3) is 5.73. The molecule has 0 radical (unpaired) electrons. The minimum absolute atomic E-state index is 0.125. The number of benzene rings is 1. The first-order chi connectivity index (χ1) is 14.3. The minimum atomic E-state index is -3.53. The molecule has 2 heterocycles. The van der Waals surface area contributed by atoms with Crippen molar-refractivity contribution < 1.29 is 22.7 Å². The second-order valence-corrected chi connectivity index (χ2v) is 10.8. The first-order valence-electron chi connectivity index (χ1n) is 9.26. The first-order valence-corrected chi connectivity index (χ1v) is 12.3. The maximum atomic E-state index is 12.7. The van der Waals surface area contributed by atoms with Crippen LogP contribution in [0.4, 0.5) is 5.69 Å². The summed E-state index contributed by atoms with van der Waals surface area (Å²) in [7, 11) is -3.53. The number of nitrogens with zero attached hydrogens (tertiary/aromatic N) is 1. The summed E-state index contributed by atoms with van der Waals surface area (Å²) in [6.45, 7) is 0.523. The molecule has 11 heteroatoms. The predicted molar refractivity (Wildman–Crippen MR) is 117 cm³/mol. The lowest BCUT2D eigenvalue weighted by Crippen LogP contribution is -2.35. The van der Waals surface area contributed by atoms with Crippen molar-refractivity contribution in [2.75, 3.05) is 25.0 Å². The van der Waals surface area contributed by atoms with Crippen LogP contribution in [0.5, 0.6) is 0 Å². The van der Waals surface area contributed by atoms with Crippen LogP contribution in [0.15, 0.2) is 34.5 Å². The highest BCUT2D eigenvalue weighted by Gasteiger charge is 2.27. The number of hydrogen-bond donors (Lipinski definition) is 1. The van der Waals surface area contributed by atoms with Crippen LogP contribution in [0, 0.1) is 0 Å². The lowest BCUT2D eigenvalue weighted by atomic mass is 10.2. The summed E-state index contributed by atoms with van der Waals surface area (Å²) in [6.07, 6.45) is 2.61. The highest BCUT2D eigenvalue weighted by molar-refractivity contribution is 7.91. The Morgan fingerprint density at radius 1 is 1.07 bits per heavy atom. The van der Waals surface area contributed by atoms with E-state index in [0.29, 0.717) is 18.0 Å². The summed E-state index contributed by atoms with van der Waals surface area (Å²) >= 11 is 13.0. The van der Waals surface area contributed by atoms with Gasteiger partial charge in [0.05, 0.1) is 22.2 Å². The number of anilines is 1. The van der Waals surface area contributed by atoms with Crippen molar-refractivity contribution in [1.29, 1.82) is 0 Å². The number of esters is 1. The molecule has 1 aromatic carbocycles. The van der Waals surface area contributed by atoms with Crippen LogP contribution in [0.3, 0.4) is 0 Å². The third-order valence-corrected chi connectivity index (χ3v) is 8.54. The van der Waals surface area contributed by atoms with Gasteiger partial charge in [-0.15, -0.1) is 11.3 Å². The quantitative estimate of drug-likeness (QED) is 0.592. The van der Waals surface area contributed by atoms with Gasteiger partial charge in [0.1, 0.15) is 4.21 Å². The SMILES string of the molecule is O=C(COC(=O)Cc1ccc(S(=O)(=O)N2CCCCC2)s1)Nc1c(Cl)cccc1Cl. The summed E-state index contributed by atoms with van der Waals surface area (Å²) in [4.78, 5) is 24.6. The molecular weight excluding hydrogens is 471 g/mol. The van der Waals surface area contributed by atoms with Gasteiger partial charge in [0.2, 0.25) is 0 Å². The van der Waals surface area contributed by atoms with E-state index in [4.69, 9.17) is 27.9 Å². The van der Waals surface area contributed by atoms with Crippen molar-refractivity contribution in [3.05, 3.63) is 45.3 Å². The highest BCUT2D eigenvalue weighted by Crippen LogP contribution is 2.30. The third-order valence-electron chi connectivity index (χ3n) is 4.46. The van der Waals surface area contributed by atoms with Crippen LogP contribution < -0.4 is 5.32 Å². The van der Waals surface area contributed by atoms with Gasteiger partial charge in [0.15, 0.2) is 6.61 Å². The molecule has 0 atom stereocenters. The molecule has 7 nitrogen and oxygen atoms in total. The van der Waals surface area contributed by atoms with E-state index in [1.807, 2.05) is 0 Å². The van der Waals surface area contributed by atoms with Crippen LogP contribution in [0.1, 0.15) is 24.1 Å². The molecule has 1 aromatic heterocycles. The first kappa shape index (κ1) is 23.0. The molecule has 1 saturated heterocycles. The summed E-state index contributed by atoms with van der Waals surface area (Å²) in [5.41, 5.74) is 0.243. The number of rotatable bonds is 7. The highest BCUT2D eigenvalue weighted by atomic mass is 35.5. The summed E-state index contributed by atoms with van der Waals surface area (Å²) in [6, 6.07) is 7.87. The van der Waals surface area contributed by atoms with Gasteiger partial charge < -0.3 is 10.1 Å². The van der Waals surface area contributed by atoms with E-state index in [1.54, 1.807) is 24.3 Å². The van der Waals surface area contributed by atoms with Gasteiger partial charge in [0, 0.05) is 18.0 Å². The van der Waals surface area contributed by atoms with Crippen molar-refractivity contribution in [2.45, 2.75) is 29.9 Å². The Morgan fingerprint density at radius 2 is 1.73 bits per heavy atom. The van der Waals surface area contributed by atoms with E-state index >= 15 is 0 Å². The van der Waals surface area contributed by atoms with Gasteiger partial charge in [-0.3, -0.25) is 9.59 Å². The van der Waals surface area contributed by atoms with Crippen LogP contribution in [0.25, 0.3) is 0 Å². The second kappa shape index (κ2) is 10.1. The van der Waals surface area contributed by atoms with Gasteiger partial charge in [-0.2, -0.15) is 4.31 Å². The summed E-state index contributed by atoms with van der Waals surface area (Å²) < 4.78 is 32.0. The zero-order chi connectivity index (χ0) is 21.7. The fraction of sp³-hybridized carbons (Fsp3) is 0.368. The number of carbonyl (C=O) groups excluding carboxylic acids is 2. The number of sulfonamides is 1. The molecule has 2 aromatic rings. The number of nitrogens with one attached hydrogen (secondary N) is 1. The second-order valence-electron chi connectivity index (χ2n) is 6.67. The Bertz CT molecular complexity index is 1010. The van der Waals surface area contributed by atoms with E-state index in [2.05, 4.69) is 5.32 Å². The van der Waals surface area contributed by atoms with E-state index in [0.717, 1.165) is 30.6 Å². The number of amides is 1. The minimum Gasteiger partial charge on any atom is -0.455 e. The molecule has 0 unspecified atom stereocenters. The molecule has 0 saturated carbocycles. The van der Waals surface area contributed by atoms with Gasteiger partial charge >= 0.3 is 5.97 Å². The van der Waals surface area contributed by atoms with Crippen molar-refractivity contribution in [2.24, 2.45) is 0 Å². The zero-order valence-corrected chi connectivity index (χ0v) is 19.0. The molecule has 1 fully saturated rings. The lowest BCUT2D eigenvalue weighted by molar-refractivity contribution is -0.146. The van der Waals surface area contributed by atoms with E-state index in [1.165, 1.54) is 10.4 Å².